The molecule has 0 radical (unpaired) electrons. The van der Waals surface area contributed by atoms with E-state index in [1.165, 1.54) is 11.1 Å². The molecule has 2 nitrogen and oxygen atoms in total. The van der Waals surface area contributed by atoms with Crippen molar-refractivity contribution in [2.45, 2.75) is 72.1 Å². The van der Waals surface area contributed by atoms with E-state index in [-0.39, 0.29) is 12.0 Å². The highest BCUT2D eigenvalue weighted by Crippen LogP contribution is 2.30. The molecule has 0 aliphatic carbocycles. The zero-order valence-corrected chi connectivity index (χ0v) is 15.1. The van der Waals surface area contributed by atoms with Crippen LogP contribution in [0.1, 0.15) is 71.4 Å². The quantitative estimate of drug-likeness (QED) is 0.642. The van der Waals surface area contributed by atoms with Crippen LogP contribution in [0.5, 0.6) is 5.75 Å². The van der Waals surface area contributed by atoms with Gasteiger partial charge in [0.25, 0.3) is 0 Å². The Morgan fingerprint density at radius 1 is 1.18 bits per heavy atom. The Hall–Kier alpha value is -1.02. The fourth-order valence-electron chi connectivity index (χ4n) is 2.59. The van der Waals surface area contributed by atoms with Crippen LogP contribution in [-0.2, 0) is 11.8 Å². The zero-order chi connectivity index (χ0) is 16.6. The van der Waals surface area contributed by atoms with Crippen molar-refractivity contribution < 1.29 is 9.84 Å². The Bertz CT molecular complexity index is 432. The minimum Gasteiger partial charge on any atom is -0.493 e. The minimum absolute atomic E-state index is 0.158. The molecule has 0 aliphatic heterocycles. The van der Waals surface area contributed by atoms with Gasteiger partial charge in [-0.25, -0.2) is 0 Å². The molecule has 0 fully saturated rings. The van der Waals surface area contributed by atoms with Crippen LogP contribution >= 0.6 is 0 Å². The average molecular weight is 306 g/mol. The van der Waals surface area contributed by atoms with E-state index in [1.807, 2.05) is 0 Å². The zero-order valence-electron chi connectivity index (χ0n) is 15.1. The third kappa shape index (κ3) is 6.39. The molecule has 0 saturated carbocycles. The first-order valence-electron chi connectivity index (χ1n) is 8.75. The fraction of sp³-hybridized carbons (Fsp3) is 0.700. The largest absolute Gasteiger partial charge is 0.493 e. The van der Waals surface area contributed by atoms with E-state index in [1.54, 1.807) is 0 Å². The van der Waals surface area contributed by atoms with Crippen molar-refractivity contribution in [2.75, 3.05) is 13.2 Å². The van der Waals surface area contributed by atoms with E-state index in [0.717, 1.165) is 44.5 Å². The van der Waals surface area contributed by atoms with Crippen molar-refractivity contribution in [2.24, 2.45) is 5.92 Å². The second kappa shape index (κ2) is 9.19. The molecule has 0 aliphatic rings. The molecule has 0 spiro atoms. The smallest absolute Gasteiger partial charge is 0.122 e. The van der Waals surface area contributed by atoms with E-state index < -0.39 is 0 Å². The molecule has 1 aromatic rings. The normalized spacial score (nSPS) is 13.2. The topological polar surface area (TPSA) is 29.5 Å². The molecule has 0 saturated heterocycles. The SMILES string of the molecule is CCCCOc1ccc(C(C)(C)C)cc1CC(C)CCCO. The van der Waals surface area contributed by atoms with Gasteiger partial charge in [-0.15, -0.1) is 0 Å². The number of aliphatic hydroxyl groups is 1. The molecule has 2 heteroatoms. The third-order valence-electron chi connectivity index (χ3n) is 4.11. The van der Waals surface area contributed by atoms with Crippen LogP contribution in [0, 0.1) is 5.92 Å². The Morgan fingerprint density at radius 2 is 1.91 bits per heavy atom. The second-order valence-electron chi connectivity index (χ2n) is 7.45. The van der Waals surface area contributed by atoms with E-state index in [4.69, 9.17) is 9.84 Å². The van der Waals surface area contributed by atoms with Crippen molar-refractivity contribution in [1.82, 2.24) is 0 Å². The van der Waals surface area contributed by atoms with Gasteiger partial charge in [0.1, 0.15) is 5.75 Å². The van der Waals surface area contributed by atoms with Crippen LogP contribution in [0.15, 0.2) is 18.2 Å². The number of benzene rings is 1. The lowest BCUT2D eigenvalue weighted by atomic mass is 9.84. The van der Waals surface area contributed by atoms with Gasteiger partial charge >= 0.3 is 0 Å². The number of ether oxygens (including phenoxy) is 1. The number of rotatable bonds is 9. The number of unbranched alkanes of at least 4 members (excludes halogenated alkanes) is 1. The maximum Gasteiger partial charge on any atom is 0.122 e. The van der Waals surface area contributed by atoms with Crippen LogP contribution in [0.3, 0.4) is 0 Å². The van der Waals surface area contributed by atoms with Gasteiger partial charge in [0.2, 0.25) is 0 Å². The molecule has 1 unspecified atom stereocenters. The molecular weight excluding hydrogens is 272 g/mol. The van der Waals surface area contributed by atoms with Crippen LogP contribution < -0.4 is 4.74 Å². The lowest BCUT2D eigenvalue weighted by Gasteiger charge is -2.22. The monoisotopic (exact) mass is 306 g/mol. The van der Waals surface area contributed by atoms with Gasteiger partial charge < -0.3 is 9.84 Å². The Morgan fingerprint density at radius 3 is 2.50 bits per heavy atom. The molecule has 0 heterocycles. The summed E-state index contributed by atoms with van der Waals surface area (Å²) in [7, 11) is 0. The van der Waals surface area contributed by atoms with Gasteiger partial charge in [-0.2, -0.15) is 0 Å². The van der Waals surface area contributed by atoms with Gasteiger partial charge in [-0.1, -0.05) is 53.2 Å². The van der Waals surface area contributed by atoms with Crippen LogP contribution in [-0.4, -0.2) is 18.3 Å². The molecule has 1 N–H and O–H groups in total. The predicted octanol–water partition coefficient (Wildman–Crippen LogP) is 5.11. The Kier molecular flexibility index (Phi) is 7.95. The summed E-state index contributed by atoms with van der Waals surface area (Å²) in [6.45, 7) is 12.3. The number of aliphatic hydroxyl groups excluding tert-OH is 1. The first kappa shape index (κ1) is 19.0. The van der Waals surface area contributed by atoms with E-state index >= 15 is 0 Å². The van der Waals surface area contributed by atoms with Crippen LogP contribution in [0.25, 0.3) is 0 Å². The molecule has 126 valence electrons. The van der Waals surface area contributed by atoms with Gasteiger partial charge in [0, 0.05) is 6.61 Å². The summed E-state index contributed by atoms with van der Waals surface area (Å²) in [6.07, 6.45) is 5.21. The Balaban J connectivity index is 2.90. The van der Waals surface area contributed by atoms with Crippen molar-refractivity contribution in [3.8, 4) is 5.75 Å². The highest BCUT2D eigenvalue weighted by atomic mass is 16.5. The van der Waals surface area contributed by atoms with Crippen LogP contribution in [0.2, 0.25) is 0 Å². The van der Waals surface area contributed by atoms with E-state index in [9.17, 15) is 0 Å². The van der Waals surface area contributed by atoms with Gasteiger partial charge in [0.15, 0.2) is 0 Å². The molecule has 1 rings (SSSR count). The van der Waals surface area contributed by atoms with Gasteiger partial charge in [-0.3, -0.25) is 0 Å². The van der Waals surface area contributed by atoms with Crippen LogP contribution in [0.4, 0.5) is 0 Å². The summed E-state index contributed by atoms with van der Waals surface area (Å²) < 4.78 is 6.00. The molecule has 1 aromatic carbocycles. The first-order valence-corrected chi connectivity index (χ1v) is 8.75. The molecule has 0 amide bonds. The maximum atomic E-state index is 9.01. The van der Waals surface area contributed by atoms with Gasteiger partial charge in [-0.05, 0) is 54.2 Å². The molecule has 0 bridgehead atoms. The first-order chi connectivity index (χ1) is 10.4. The Labute approximate surface area is 136 Å². The van der Waals surface area contributed by atoms with Gasteiger partial charge in [0.05, 0.1) is 6.61 Å². The lowest BCUT2D eigenvalue weighted by molar-refractivity contribution is 0.272. The highest BCUT2D eigenvalue weighted by Gasteiger charge is 2.17. The summed E-state index contributed by atoms with van der Waals surface area (Å²) in [4.78, 5) is 0. The summed E-state index contributed by atoms with van der Waals surface area (Å²) in [6, 6.07) is 6.66. The fourth-order valence-corrected chi connectivity index (χ4v) is 2.59. The van der Waals surface area contributed by atoms with Crippen molar-refractivity contribution in [1.29, 1.82) is 0 Å². The summed E-state index contributed by atoms with van der Waals surface area (Å²) in [5.74, 6) is 1.60. The second-order valence-corrected chi connectivity index (χ2v) is 7.45. The standard InChI is InChI=1S/C20H34O2/c1-6-7-13-22-19-11-10-18(20(3,4)5)15-17(19)14-16(2)9-8-12-21/h10-11,15-16,21H,6-9,12-14H2,1-5H3. The highest BCUT2D eigenvalue weighted by molar-refractivity contribution is 5.40. The third-order valence-corrected chi connectivity index (χ3v) is 4.11. The minimum atomic E-state index is 0.158. The summed E-state index contributed by atoms with van der Waals surface area (Å²) in [5.41, 5.74) is 2.83. The number of hydrogen-bond acceptors (Lipinski definition) is 2. The maximum absolute atomic E-state index is 9.01. The predicted molar refractivity (Wildman–Crippen MR) is 94.7 cm³/mol. The van der Waals surface area contributed by atoms with E-state index in [2.05, 4.69) is 52.8 Å². The molecule has 22 heavy (non-hydrogen) atoms. The van der Waals surface area contributed by atoms with Crippen molar-refractivity contribution in [3.63, 3.8) is 0 Å². The summed E-state index contributed by atoms with van der Waals surface area (Å²) >= 11 is 0. The number of hydrogen-bond donors (Lipinski definition) is 1. The molecule has 0 aromatic heterocycles. The van der Waals surface area contributed by atoms with Crippen molar-refractivity contribution >= 4 is 0 Å². The molecule has 1 atom stereocenters. The van der Waals surface area contributed by atoms with E-state index in [0.29, 0.717) is 5.92 Å². The van der Waals surface area contributed by atoms with Crippen molar-refractivity contribution in [3.05, 3.63) is 29.3 Å². The average Bonchev–Trinajstić information content (AvgIpc) is 2.45. The molecular formula is C20H34O2. The lowest BCUT2D eigenvalue weighted by Crippen LogP contribution is -2.13. The summed E-state index contributed by atoms with van der Waals surface area (Å²) in [5, 5.41) is 9.01.